The SMILES string of the molecule is CC(C)(C)C(=O)CSc1nc2cc(C(=O)N3CCOCC3)ccc2c(=O)n1Cc1ccccc1. The van der Waals surface area contributed by atoms with Crippen LogP contribution in [0.1, 0.15) is 36.7 Å². The number of carbonyl (C=O) groups is 2. The monoisotopic (exact) mass is 479 g/mol. The summed E-state index contributed by atoms with van der Waals surface area (Å²) >= 11 is 1.26. The number of hydrogen-bond acceptors (Lipinski definition) is 6. The quantitative estimate of drug-likeness (QED) is 0.397. The number of benzene rings is 2. The van der Waals surface area contributed by atoms with E-state index in [0.717, 1.165) is 5.56 Å². The van der Waals surface area contributed by atoms with Crippen LogP contribution in [0.2, 0.25) is 0 Å². The van der Waals surface area contributed by atoms with Crippen LogP contribution in [-0.4, -0.2) is 58.2 Å². The lowest BCUT2D eigenvalue weighted by Crippen LogP contribution is -2.40. The highest BCUT2D eigenvalue weighted by molar-refractivity contribution is 7.99. The minimum atomic E-state index is -0.480. The number of carbonyl (C=O) groups excluding carboxylic acids is 2. The summed E-state index contributed by atoms with van der Waals surface area (Å²) in [4.78, 5) is 45.5. The summed E-state index contributed by atoms with van der Waals surface area (Å²) in [6, 6.07) is 14.7. The van der Waals surface area contributed by atoms with Crippen molar-refractivity contribution in [1.82, 2.24) is 14.5 Å². The largest absolute Gasteiger partial charge is 0.378 e. The standard InChI is InChI=1S/C26H29N3O4S/c1-26(2,3)22(30)17-34-25-27-21-15-19(23(31)28-11-13-33-14-12-28)9-10-20(21)24(32)29(25)16-18-7-5-4-6-8-18/h4-10,15H,11-14,16-17H2,1-3H3. The maximum Gasteiger partial charge on any atom is 0.262 e. The van der Waals surface area contributed by atoms with Gasteiger partial charge in [-0.2, -0.15) is 0 Å². The van der Waals surface area contributed by atoms with Crippen molar-refractivity contribution >= 4 is 34.4 Å². The fourth-order valence-electron chi connectivity index (χ4n) is 3.64. The van der Waals surface area contributed by atoms with E-state index in [0.29, 0.717) is 54.5 Å². The Labute approximate surface area is 203 Å². The van der Waals surface area contributed by atoms with Gasteiger partial charge in [0.2, 0.25) is 0 Å². The maximum absolute atomic E-state index is 13.5. The summed E-state index contributed by atoms with van der Waals surface area (Å²) in [6.45, 7) is 8.11. The molecule has 1 aliphatic rings. The highest BCUT2D eigenvalue weighted by Crippen LogP contribution is 2.24. The molecule has 0 saturated carbocycles. The number of morpholine rings is 1. The third-order valence-electron chi connectivity index (χ3n) is 5.82. The number of ketones is 1. The Hall–Kier alpha value is -2.97. The predicted molar refractivity (Wildman–Crippen MR) is 133 cm³/mol. The molecule has 2 heterocycles. The molecule has 1 aromatic heterocycles. The van der Waals surface area contributed by atoms with Crippen LogP contribution < -0.4 is 5.56 Å². The van der Waals surface area contributed by atoms with Gasteiger partial charge in [-0.15, -0.1) is 0 Å². The zero-order valence-corrected chi connectivity index (χ0v) is 20.6. The Morgan fingerprint density at radius 1 is 1.06 bits per heavy atom. The molecular formula is C26H29N3O4S. The van der Waals surface area contributed by atoms with Crippen molar-refractivity contribution in [2.24, 2.45) is 5.41 Å². The fraction of sp³-hybridized carbons (Fsp3) is 0.385. The Balaban J connectivity index is 1.74. The predicted octanol–water partition coefficient (Wildman–Crippen LogP) is 3.62. The molecular weight excluding hydrogens is 450 g/mol. The van der Waals surface area contributed by atoms with Crippen LogP contribution in [-0.2, 0) is 16.1 Å². The second-order valence-electron chi connectivity index (χ2n) is 9.37. The van der Waals surface area contributed by atoms with Crippen LogP contribution in [0.4, 0.5) is 0 Å². The maximum atomic E-state index is 13.5. The average Bonchev–Trinajstić information content (AvgIpc) is 2.84. The molecule has 0 bridgehead atoms. The second-order valence-corrected chi connectivity index (χ2v) is 10.3. The fourth-order valence-corrected chi connectivity index (χ4v) is 4.80. The zero-order valence-electron chi connectivity index (χ0n) is 19.7. The first kappa shape index (κ1) is 24.2. The van der Waals surface area contributed by atoms with Crippen molar-refractivity contribution in [3.8, 4) is 0 Å². The number of rotatable bonds is 6. The molecule has 3 aromatic rings. The van der Waals surface area contributed by atoms with Crippen molar-refractivity contribution < 1.29 is 14.3 Å². The lowest BCUT2D eigenvalue weighted by molar-refractivity contribution is -0.123. The van der Waals surface area contributed by atoms with E-state index in [9.17, 15) is 14.4 Å². The summed E-state index contributed by atoms with van der Waals surface area (Å²) in [6.07, 6.45) is 0. The lowest BCUT2D eigenvalue weighted by atomic mass is 9.92. The highest BCUT2D eigenvalue weighted by atomic mass is 32.2. The molecule has 0 spiro atoms. The molecule has 1 fully saturated rings. The van der Waals surface area contributed by atoms with Gasteiger partial charge in [0.05, 0.1) is 36.4 Å². The molecule has 1 saturated heterocycles. The van der Waals surface area contributed by atoms with Crippen molar-refractivity contribution in [2.75, 3.05) is 32.1 Å². The Morgan fingerprint density at radius 2 is 1.76 bits per heavy atom. The second kappa shape index (κ2) is 10.1. The molecule has 34 heavy (non-hydrogen) atoms. The third kappa shape index (κ3) is 5.39. The molecule has 0 radical (unpaired) electrons. The minimum absolute atomic E-state index is 0.0781. The normalized spacial score (nSPS) is 14.4. The van der Waals surface area contributed by atoms with Gasteiger partial charge >= 0.3 is 0 Å². The van der Waals surface area contributed by atoms with Crippen LogP contribution in [0.3, 0.4) is 0 Å². The van der Waals surface area contributed by atoms with E-state index in [4.69, 9.17) is 9.72 Å². The first-order valence-corrected chi connectivity index (χ1v) is 12.3. The average molecular weight is 480 g/mol. The van der Waals surface area contributed by atoms with Gasteiger partial charge in [-0.3, -0.25) is 19.0 Å². The van der Waals surface area contributed by atoms with E-state index in [1.54, 1.807) is 27.7 Å². The molecule has 0 unspecified atom stereocenters. The molecule has 0 N–H and O–H groups in total. The smallest absolute Gasteiger partial charge is 0.262 e. The summed E-state index contributed by atoms with van der Waals surface area (Å²) < 4.78 is 6.95. The van der Waals surface area contributed by atoms with Gasteiger partial charge in [-0.25, -0.2) is 4.98 Å². The molecule has 0 aliphatic carbocycles. The number of hydrogen-bond donors (Lipinski definition) is 0. The summed E-state index contributed by atoms with van der Waals surface area (Å²) in [5, 5.41) is 0.913. The molecule has 8 heteroatoms. The molecule has 1 amide bonds. The van der Waals surface area contributed by atoms with Crippen molar-refractivity contribution in [3.05, 3.63) is 70.0 Å². The first-order chi connectivity index (χ1) is 16.2. The van der Waals surface area contributed by atoms with Crippen molar-refractivity contribution in [2.45, 2.75) is 32.5 Å². The van der Waals surface area contributed by atoms with Crippen LogP contribution in [0.25, 0.3) is 10.9 Å². The van der Waals surface area contributed by atoms with E-state index in [1.807, 2.05) is 51.1 Å². The number of nitrogens with zero attached hydrogens (tertiary/aromatic N) is 3. The summed E-state index contributed by atoms with van der Waals surface area (Å²) in [7, 11) is 0. The number of fused-ring (bicyclic) bond motifs is 1. The van der Waals surface area contributed by atoms with Gasteiger partial charge in [0, 0.05) is 24.1 Å². The zero-order chi connectivity index (χ0) is 24.3. The Kier molecular flexibility index (Phi) is 7.19. The minimum Gasteiger partial charge on any atom is -0.378 e. The van der Waals surface area contributed by atoms with Gasteiger partial charge in [0.15, 0.2) is 5.16 Å². The number of Topliss-reactive ketones (excluding diaryl/α,β-unsaturated/α-hetero) is 1. The topological polar surface area (TPSA) is 81.5 Å². The number of amides is 1. The van der Waals surface area contributed by atoms with E-state index in [2.05, 4.69) is 0 Å². The van der Waals surface area contributed by atoms with E-state index in [-0.39, 0.29) is 23.0 Å². The van der Waals surface area contributed by atoms with Crippen molar-refractivity contribution in [1.29, 1.82) is 0 Å². The van der Waals surface area contributed by atoms with Gasteiger partial charge in [0.1, 0.15) is 5.78 Å². The summed E-state index contributed by atoms with van der Waals surface area (Å²) in [5.74, 6) is 0.190. The number of aromatic nitrogens is 2. The Morgan fingerprint density at radius 3 is 2.44 bits per heavy atom. The van der Waals surface area contributed by atoms with Crippen LogP contribution in [0.15, 0.2) is 58.5 Å². The van der Waals surface area contributed by atoms with Gasteiger partial charge in [-0.05, 0) is 23.8 Å². The summed E-state index contributed by atoms with van der Waals surface area (Å²) in [5.41, 5.74) is 1.24. The van der Waals surface area contributed by atoms with Crippen molar-refractivity contribution in [3.63, 3.8) is 0 Å². The van der Waals surface area contributed by atoms with Crippen LogP contribution in [0.5, 0.6) is 0 Å². The number of ether oxygens (including phenoxy) is 1. The third-order valence-corrected chi connectivity index (χ3v) is 6.79. The molecule has 0 atom stereocenters. The van der Waals surface area contributed by atoms with Crippen LogP contribution >= 0.6 is 11.8 Å². The molecule has 178 valence electrons. The van der Waals surface area contributed by atoms with E-state index < -0.39 is 5.41 Å². The molecule has 1 aliphatic heterocycles. The molecule has 2 aromatic carbocycles. The molecule has 4 rings (SSSR count). The van der Waals surface area contributed by atoms with Crippen LogP contribution in [0, 0.1) is 5.41 Å². The van der Waals surface area contributed by atoms with Gasteiger partial charge < -0.3 is 9.64 Å². The molecule has 7 nitrogen and oxygen atoms in total. The first-order valence-electron chi connectivity index (χ1n) is 11.4. The highest BCUT2D eigenvalue weighted by Gasteiger charge is 2.23. The van der Waals surface area contributed by atoms with E-state index >= 15 is 0 Å². The number of thioether (sulfide) groups is 1. The lowest BCUT2D eigenvalue weighted by Gasteiger charge is -2.26. The van der Waals surface area contributed by atoms with Gasteiger partial charge in [-0.1, -0.05) is 62.9 Å². The van der Waals surface area contributed by atoms with Gasteiger partial charge in [0.25, 0.3) is 11.5 Å². The van der Waals surface area contributed by atoms with E-state index in [1.165, 1.54) is 11.8 Å². The Bertz CT molecular complexity index is 1260.